The first-order valence-corrected chi connectivity index (χ1v) is 7.52. The molecule has 2 aromatic rings. The fourth-order valence-electron chi connectivity index (χ4n) is 2.94. The largest absolute Gasteiger partial charge is 0.434 e. The van der Waals surface area contributed by atoms with Crippen LogP contribution < -0.4 is 0 Å². The summed E-state index contributed by atoms with van der Waals surface area (Å²) >= 11 is 0. The summed E-state index contributed by atoms with van der Waals surface area (Å²) < 4.78 is 39.8. The molecule has 3 rings (SSSR count). The molecule has 1 saturated heterocycles. The van der Waals surface area contributed by atoms with Crippen molar-refractivity contribution in [2.24, 2.45) is 7.05 Å². The zero-order valence-electron chi connectivity index (χ0n) is 13.0. The molecule has 0 N–H and O–H groups in total. The van der Waals surface area contributed by atoms with Gasteiger partial charge in [-0.3, -0.25) is 9.78 Å². The maximum Gasteiger partial charge on any atom is 0.434 e. The smallest absolute Gasteiger partial charge is 0.337 e. The van der Waals surface area contributed by atoms with E-state index in [1.807, 2.05) is 0 Å². The number of halogens is 3. The SMILES string of the molecule is Cn1cc(C(F)(F)F)nc1[C@@H]1CCCN(C(=O)c2cnccn2)C1. The third-order valence-corrected chi connectivity index (χ3v) is 4.06. The molecular formula is C15H16F3N5O. The second-order valence-electron chi connectivity index (χ2n) is 5.77. The second kappa shape index (κ2) is 6.21. The van der Waals surface area contributed by atoms with Gasteiger partial charge in [-0.15, -0.1) is 0 Å². The van der Waals surface area contributed by atoms with E-state index in [9.17, 15) is 18.0 Å². The Hall–Kier alpha value is -2.45. The lowest BCUT2D eigenvalue weighted by molar-refractivity contribution is -0.141. The fourth-order valence-corrected chi connectivity index (χ4v) is 2.94. The summed E-state index contributed by atoms with van der Waals surface area (Å²) in [6.07, 6.45) is 2.19. The van der Waals surface area contributed by atoms with E-state index in [1.165, 1.54) is 23.2 Å². The number of carbonyl (C=O) groups excluding carboxylic acids is 1. The molecule has 24 heavy (non-hydrogen) atoms. The molecular weight excluding hydrogens is 323 g/mol. The molecule has 0 spiro atoms. The van der Waals surface area contributed by atoms with Crippen LogP contribution >= 0.6 is 0 Å². The second-order valence-corrected chi connectivity index (χ2v) is 5.77. The zero-order chi connectivity index (χ0) is 17.3. The van der Waals surface area contributed by atoms with Gasteiger partial charge in [-0.05, 0) is 12.8 Å². The third kappa shape index (κ3) is 3.24. The number of amides is 1. The number of carbonyl (C=O) groups is 1. The van der Waals surface area contributed by atoms with Crippen molar-refractivity contribution in [1.29, 1.82) is 0 Å². The Morgan fingerprint density at radius 3 is 2.75 bits per heavy atom. The molecule has 0 bridgehead atoms. The minimum atomic E-state index is -4.47. The van der Waals surface area contributed by atoms with E-state index in [-0.39, 0.29) is 17.5 Å². The Balaban J connectivity index is 1.79. The average Bonchev–Trinajstić information content (AvgIpc) is 2.97. The van der Waals surface area contributed by atoms with Crippen LogP contribution in [0.1, 0.15) is 40.8 Å². The molecule has 6 nitrogen and oxygen atoms in total. The number of hydrogen-bond donors (Lipinski definition) is 0. The van der Waals surface area contributed by atoms with Crippen molar-refractivity contribution in [3.8, 4) is 0 Å². The molecule has 0 aromatic carbocycles. The summed E-state index contributed by atoms with van der Waals surface area (Å²) in [7, 11) is 1.54. The van der Waals surface area contributed by atoms with E-state index in [1.54, 1.807) is 11.9 Å². The Morgan fingerprint density at radius 1 is 1.33 bits per heavy atom. The van der Waals surface area contributed by atoms with Gasteiger partial charge < -0.3 is 9.47 Å². The van der Waals surface area contributed by atoms with Crippen LogP contribution in [0.25, 0.3) is 0 Å². The number of piperidine rings is 1. The van der Waals surface area contributed by atoms with Gasteiger partial charge in [0.2, 0.25) is 0 Å². The highest BCUT2D eigenvalue weighted by Gasteiger charge is 2.36. The molecule has 1 fully saturated rings. The van der Waals surface area contributed by atoms with Gasteiger partial charge >= 0.3 is 6.18 Å². The summed E-state index contributed by atoms with van der Waals surface area (Å²) in [6.45, 7) is 0.861. The molecule has 3 heterocycles. The van der Waals surface area contributed by atoms with Crippen LogP contribution in [-0.2, 0) is 13.2 Å². The summed E-state index contributed by atoms with van der Waals surface area (Å²) in [5, 5.41) is 0. The minimum Gasteiger partial charge on any atom is -0.337 e. The Morgan fingerprint density at radius 2 is 2.12 bits per heavy atom. The predicted molar refractivity (Wildman–Crippen MR) is 78.1 cm³/mol. The minimum absolute atomic E-state index is 0.231. The lowest BCUT2D eigenvalue weighted by Crippen LogP contribution is -2.40. The van der Waals surface area contributed by atoms with Gasteiger partial charge in [0.15, 0.2) is 5.69 Å². The first-order chi connectivity index (χ1) is 11.4. The third-order valence-electron chi connectivity index (χ3n) is 4.06. The molecule has 1 amide bonds. The number of nitrogens with zero attached hydrogens (tertiary/aromatic N) is 5. The predicted octanol–water partition coefficient (Wildman–Crippen LogP) is 2.25. The van der Waals surface area contributed by atoms with Crippen molar-refractivity contribution >= 4 is 5.91 Å². The summed E-state index contributed by atoms with van der Waals surface area (Å²) in [6, 6.07) is 0. The first-order valence-electron chi connectivity index (χ1n) is 7.52. The molecule has 0 unspecified atom stereocenters. The number of imidazole rings is 1. The van der Waals surface area contributed by atoms with Crippen LogP contribution in [0.5, 0.6) is 0 Å². The Labute approximate surface area is 136 Å². The average molecular weight is 339 g/mol. The number of rotatable bonds is 2. The first kappa shape index (κ1) is 16.4. The zero-order valence-corrected chi connectivity index (χ0v) is 13.0. The number of aryl methyl sites for hydroxylation is 1. The van der Waals surface area contributed by atoms with Crippen molar-refractivity contribution in [3.63, 3.8) is 0 Å². The van der Waals surface area contributed by atoms with Gasteiger partial charge in [0.1, 0.15) is 11.5 Å². The number of hydrogen-bond acceptors (Lipinski definition) is 4. The maximum atomic E-state index is 12.8. The van der Waals surface area contributed by atoms with Crippen molar-refractivity contribution < 1.29 is 18.0 Å². The molecule has 128 valence electrons. The van der Waals surface area contributed by atoms with Crippen LogP contribution in [0.15, 0.2) is 24.8 Å². The van der Waals surface area contributed by atoms with Crippen LogP contribution in [-0.4, -0.2) is 43.4 Å². The van der Waals surface area contributed by atoms with Crippen molar-refractivity contribution in [1.82, 2.24) is 24.4 Å². The van der Waals surface area contributed by atoms with E-state index in [2.05, 4.69) is 15.0 Å². The Bertz CT molecular complexity index is 728. The van der Waals surface area contributed by atoms with Gasteiger partial charge in [-0.1, -0.05) is 0 Å². The summed E-state index contributed by atoms with van der Waals surface area (Å²) in [5.41, 5.74) is -0.675. The molecule has 1 aliphatic heterocycles. The molecule has 1 atom stereocenters. The highest BCUT2D eigenvalue weighted by molar-refractivity contribution is 5.92. The van der Waals surface area contributed by atoms with Crippen LogP contribution in [0.4, 0.5) is 13.2 Å². The van der Waals surface area contributed by atoms with E-state index in [4.69, 9.17) is 0 Å². The van der Waals surface area contributed by atoms with E-state index in [0.29, 0.717) is 31.8 Å². The quantitative estimate of drug-likeness (QED) is 0.842. The van der Waals surface area contributed by atoms with Crippen molar-refractivity contribution in [3.05, 3.63) is 42.0 Å². The lowest BCUT2D eigenvalue weighted by Gasteiger charge is -2.32. The van der Waals surface area contributed by atoms with Gasteiger partial charge in [0, 0.05) is 44.6 Å². The standard InChI is InChI=1S/C15H16F3N5O/c1-22-9-12(15(16,17)18)21-13(22)10-3-2-6-23(8-10)14(24)11-7-19-4-5-20-11/h4-5,7,9-10H,2-3,6,8H2,1H3/t10-/m1/s1. The lowest BCUT2D eigenvalue weighted by atomic mass is 9.97. The topological polar surface area (TPSA) is 63.9 Å². The summed E-state index contributed by atoms with van der Waals surface area (Å²) in [5.74, 6) is -0.155. The highest BCUT2D eigenvalue weighted by atomic mass is 19.4. The molecule has 0 radical (unpaired) electrons. The van der Waals surface area contributed by atoms with Crippen molar-refractivity contribution in [2.45, 2.75) is 24.9 Å². The van der Waals surface area contributed by atoms with Gasteiger partial charge in [-0.25, -0.2) is 9.97 Å². The monoisotopic (exact) mass is 339 g/mol. The van der Waals surface area contributed by atoms with Gasteiger partial charge in [-0.2, -0.15) is 13.2 Å². The molecule has 0 saturated carbocycles. The van der Waals surface area contributed by atoms with E-state index >= 15 is 0 Å². The molecule has 0 aliphatic carbocycles. The van der Waals surface area contributed by atoms with E-state index < -0.39 is 11.9 Å². The van der Waals surface area contributed by atoms with E-state index in [0.717, 1.165) is 6.20 Å². The Kier molecular flexibility index (Phi) is 4.25. The van der Waals surface area contributed by atoms with Gasteiger partial charge in [0.05, 0.1) is 6.20 Å². The maximum absolute atomic E-state index is 12.8. The fraction of sp³-hybridized carbons (Fsp3) is 0.467. The van der Waals surface area contributed by atoms with Crippen LogP contribution in [0.3, 0.4) is 0 Å². The number of alkyl halides is 3. The molecule has 1 aliphatic rings. The number of likely N-dealkylation sites (tertiary alicyclic amines) is 1. The van der Waals surface area contributed by atoms with Gasteiger partial charge in [0.25, 0.3) is 5.91 Å². The van der Waals surface area contributed by atoms with Crippen molar-refractivity contribution in [2.75, 3.05) is 13.1 Å². The molecule has 9 heteroatoms. The van der Waals surface area contributed by atoms with Crippen LogP contribution in [0, 0.1) is 0 Å². The summed E-state index contributed by atoms with van der Waals surface area (Å²) in [4.78, 5) is 25.6. The molecule has 2 aromatic heterocycles. The van der Waals surface area contributed by atoms with Crippen LogP contribution in [0.2, 0.25) is 0 Å². The number of aromatic nitrogens is 4. The highest BCUT2D eigenvalue weighted by Crippen LogP contribution is 2.32. The normalized spacial score (nSPS) is 18.7.